The van der Waals surface area contributed by atoms with E-state index in [-0.39, 0.29) is 18.0 Å². The van der Waals surface area contributed by atoms with Crippen LogP contribution in [0.4, 0.5) is 11.4 Å². The normalized spacial score (nSPS) is 17.4. The van der Waals surface area contributed by atoms with Gasteiger partial charge in [0.1, 0.15) is 0 Å². The molecule has 1 aliphatic carbocycles. The number of amides is 1. The summed E-state index contributed by atoms with van der Waals surface area (Å²) in [4.78, 5) is 22.1. The molecular weight excluding hydrogens is 260 g/mol. The van der Waals surface area contributed by atoms with E-state index in [1.54, 1.807) is 6.07 Å². The van der Waals surface area contributed by atoms with E-state index < -0.39 is 10.5 Å². The predicted molar refractivity (Wildman–Crippen MR) is 74.4 cm³/mol. The number of nitro groups is 1. The van der Waals surface area contributed by atoms with E-state index in [2.05, 4.69) is 5.32 Å². The van der Waals surface area contributed by atoms with Crippen LogP contribution >= 0.6 is 0 Å². The van der Waals surface area contributed by atoms with Gasteiger partial charge in [0.05, 0.1) is 16.9 Å². The molecule has 0 radical (unpaired) electrons. The van der Waals surface area contributed by atoms with Crippen LogP contribution in [0.1, 0.15) is 38.5 Å². The van der Waals surface area contributed by atoms with Gasteiger partial charge in [-0.15, -0.1) is 0 Å². The number of anilines is 1. The molecule has 2 N–H and O–H groups in total. The molecule has 6 heteroatoms. The van der Waals surface area contributed by atoms with Gasteiger partial charge in [-0.25, -0.2) is 0 Å². The maximum Gasteiger partial charge on any atom is 0.271 e. The third kappa shape index (κ3) is 3.77. The number of benzene rings is 1. The maximum atomic E-state index is 11.9. The van der Waals surface area contributed by atoms with E-state index in [1.807, 2.05) is 0 Å². The standard InChI is InChI=1S/C14H18N2O4/c17-13(10-14(18)7-2-1-3-8-14)15-11-5-4-6-12(9-11)16(19)20/h4-6,9,18H,1-3,7-8,10H2,(H,15,17). The summed E-state index contributed by atoms with van der Waals surface area (Å²) in [5.41, 5.74) is -0.619. The SMILES string of the molecule is O=C(CC1(O)CCCCC1)Nc1cccc([N+](=O)[O-])c1. The summed E-state index contributed by atoms with van der Waals surface area (Å²) in [5.74, 6) is -0.310. The number of hydrogen-bond acceptors (Lipinski definition) is 4. The largest absolute Gasteiger partial charge is 0.389 e. The van der Waals surface area contributed by atoms with Crippen LogP contribution in [-0.2, 0) is 4.79 Å². The summed E-state index contributed by atoms with van der Waals surface area (Å²) in [6.45, 7) is 0. The summed E-state index contributed by atoms with van der Waals surface area (Å²) in [6, 6.07) is 5.78. The van der Waals surface area contributed by atoms with Crippen molar-refractivity contribution in [3.63, 3.8) is 0 Å². The Morgan fingerprint density at radius 1 is 1.35 bits per heavy atom. The molecule has 0 aliphatic heterocycles. The quantitative estimate of drug-likeness (QED) is 0.654. The van der Waals surface area contributed by atoms with Gasteiger partial charge < -0.3 is 10.4 Å². The Labute approximate surface area is 117 Å². The lowest BCUT2D eigenvalue weighted by molar-refractivity contribution is -0.384. The fourth-order valence-electron chi connectivity index (χ4n) is 2.59. The second-order valence-electron chi connectivity index (χ2n) is 5.32. The molecule has 1 saturated carbocycles. The lowest BCUT2D eigenvalue weighted by Gasteiger charge is -2.31. The van der Waals surface area contributed by atoms with E-state index in [4.69, 9.17) is 0 Å². The van der Waals surface area contributed by atoms with Crippen LogP contribution in [0.15, 0.2) is 24.3 Å². The van der Waals surface area contributed by atoms with Crippen LogP contribution in [0.3, 0.4) is 0 Å². The Kier molecular flexibility index (Phi) is 4.34. The van der Waals surface area contributed by atoms with Crippen LogP contribution in [0, 0.1) is 10.1 Å². The molecule has 1 aliphatic rings. The first-order valence-corrected chi connectivity index (χ1v) is 6.75. The Bertz CT molecular complexity index is 510. The average molecular weight is 278 g/mol. The van der Waals surface area contributed by atoms with Gasteiger partial charge in [-0.05, 0) is 18.9 Å². The summed E-state index contributed by atoms with van der Waals surface area (Å²) < 4.78 is 0. The molecule has 20 heavy (non-hydrogen) atoms. The predicted octanol–water partition coefficient (Wildman–Crippen LogP) is 2.62. The molecule has 0 heterocycles. The number of non-ortho nitro benzene ring substituents is 1. The Morgan fingerprint density at radius 3 is 2.70 bits per heavy atom. The third-order valence-corrected chi connectivity index (χ3v) is 3.61. The summed E-state index contributed by atoms with van der Waals surface area (Å²) in [6.07, 6.45) is 4.26. The van der Waals surface area contributed by atoms with Crippen molar-refractivity contribution >= 4 is 17.3 Å². The number of carbonyl (C=O) groups is 1. The molecule has 2 rings (SSSR count). The average Bonchev–Trinajstić information content (AvgIpc) is 2.39. The monoisotopic (exact) mass is 278 g/mol. The smallest absolute Gasteiger partial charge is 0.271 e. The lowest BCUT2D eigenvalue weighted by Crippen LogP contribution is -2.35. The Morgan fingerprint density at radius 2 is 2.05 bits per heavy atom. The Balaban J connectivity index is 1.97. The first-order chi connectivity index (χ1) is 9.48. The van der Waals surface area contributed by atoms with Crippen LogP contribution in [0.2, 0.25) is 0 Å². The number of nitrogens with zero attached hydrogens (tertiary/aromatic N) is 1. The zero-order valence-electron chi connectivity index (χ0n) is 11.2. The van der Waals surface area contributed by atoms with Gasteiger partial charge in [-0.2, -0.15) is 0 Å². The number of carbonyl (C=O) groups excluding carboxylic acids is 1. The van der Waals surface area contributed by atoms with Gasteiger partial charge in [0.25, 0.3) is 5.69 Å². The molecule has 0 aromatic heterocycles. The number of hydrogen-bond donors (Lipinski definition) is 2. The van der Waals surface area contributed by atoms with Gasteiger partial charge in [-0.3, -0.25) is 14.9 Å². The van der Waals surface area contributed by atoms with E-state index in [9.17, 15) is 20.0 Å². The second kappa shape index (κ2) is 6.00. The third-order valence-electron chi connectivity index (χ3n) is 3.61. The topological polar surface area (TPSA) is 92.5 Å². The van der Waals surface area contributed by atoms with Crippen molar-refractivity contribution in [1.29, 1.82) is 0 Å². The summed E-state index contributed by atoms with van der Waals surface area (Å²) in [5, 5.41) is 23.6. The summed E-state index contributed by atoms with van der Waals surface area (Å²) in [7, 11) is 0. The highest BCUT2D eigenvalue weighted by Crippen LogP contribution is 2.31. The molecule has 108 valence electrons. The highest BCUT2D eigenvalue weighted by Gasteiger charge is 2.31. The van der Waals surface area contributed by atoms with Gasteiger partial charge in [0.2, 0.25) is 5.91 Å². The van der Waals surface area contributed by atoms with Crippen molar-refractivity contribution < 1.29 is 14.8 Å². The van der Waals surface area contributed by atoms with Crippen LogP contribution in [0.5, 0.6) is 0 Å². The molecule has 1 fully saturated rings. The molecule has 0 unspecified atom stereocenters. The van der Waals surface area contributed by atoms with Crippen LogP contribution < -0.4 is 5.32 Å². The van der Waals surface area contributed by atoms with Crippen LogP contribution in [-0.4, -0.2) is 21.5 Å². The van der Waals surface area contributed by atoms with E-state index in [0.717, 1.165) is 19.3 Å². The van der Waals surface area contributed by atoms with Gasteiger partial charge in [-0.1, -0.05) is 25.3 Å². The van der Waals surface area contributed by atoms with Crippen molar-refractivity contribution in [2.24, 2.45) is 0 Å². The minimum absolute atomic E-state index is 0.0374. The molecule has 1 aromatic carbocycles. The van der Waals surface area contributed by atoms with E-state index in [0.29, 0.717) is 18.5 Å². The van der Waals surface area contributed by atoms with E-state index in [1.165, 1.54) is 18.2 Å². The lowest BCUT2D eigenvalue weighted by atomic mass is 9.82. The molecule has 0 atom stereocenters. The first-order valence-electron chi connectivity index (χ1n) is 6.75. The molecular formula is C14H18N2O4. The zero-order valence-corrected chi connectivity index (χ0v) is 11.2. The highest BCUT2D eigenvalue weighted by molar-refractivity contribution is 5.91. The second-order valence-corrected chi connectivity index (χ2v) is 5.32. The number of nitro benzene ring substituents is 1. The van der Waals surface area contributed by atoms with Crippen LogP contribution in [0.25, 0.3) is 0 Å². The molecule has 6 nitrogen and oxygen atoms in total. The zero-order chi connectivity index (χ0) is 14.6. The summed E-state index contributed by atoms with van der Waals surface area (Å²) >= 11 is 0. The van der Waals surface area contributed by atoms with Gasteiger partial charge in [0.15, 0.2) is 0 Å². The molecule has 1 aromatic rings. The van der Waals surface area contributed by atoms with Crippen molar-refractivity contribution in [3.8, 4) is 0 Å². The molecule has 0 spiro atoms. The molecule has 1 amide bonds. The number of aliphatic hydroxyl groups is 1. The maximum absolute atomic E-state index is 11.9. The van der Waals surface area contributed by atoms with Crippen molar-refractivity contribution in [2.45, 2.75) is 44.1 Å². The fourth-order valence-corrected chi connectivity index (χ4v) is 2.59. The molecule has 0 saturated heterocycles. The van der Waals surface area contributed by atoms with Crippen molar-refractivity contribution in [2.75, 3.05) is 5.32 Å². The minimum Gasteiger partial charge on any atom is -0.389 e. The molecule has 0 bridgehead atoms. The number of rotatable bonds is 4. The minimum atomic E-state index is -0.928. The van der Waals surface area contributed by atoms with E-state index >= 15 is 0 Å². The highest BCUT2D eigenvalue weighted by atomic mass is 16.6. The Hall–Kier alpha value is -1.95. The van der Waals surface area contributed by atoms with Crippen molar-refractivity contribution in [3.05, 3.63) is 34.4 Å². The fraction of sp³-hybridized carbons (Fsp3) is 0.500. The van der Waals surface area contributed by atoms with Crippen molar-refractivity contribution in [1.82, 2.24) is 0 Å². The van der Waals surface area contributed by atoms with Gasteiger partial charge in [0, 0.05) is 17.8 Å². The van der Waals surface area contributed by atoms with Gasteiger partial charge >= 0.3 is 0 Å². The number of nitrogens with one attached hydrogen (secondary N) is 1. The first kappa shape index (κ1) is 14.5.